The zero-order valence-corrected chi connectivity index (χ0v) is 8.29. The molecule has 0 aliphatic carbocycles. The third-order valence-corrected chi connectivity index (χ3v) is 1.95. The van der Waals surface area contributed by atoms with E-state index in [9.17, 15) is 4.79 Å². The summed E-state index contributed by atoms with van der Waals surface area (Å²) < 4.78 is 3.10. The van der Waals surface area contributed by atoms with Crippen molar-refractivity contribution >= 4 is 11.7 Å². The molecule has 0 atom stereocenters. The van der Waals surface area contributed by atoms with Crippen molar-refractivity contribution in [3.05, 3.63) is 31.1 Å². The Morgan fingerprint density at radius 3 is 3.07 bits per heavy atom. The third kappa shape index (κ3) is 2.04. The van der Waals surface area contributed by atoms with E-state index >= 15 is 0 Å². The van der Waals surface area contributed by atoms with Crippen LogP contribution in [0.5, 0.6) is 0 Å². The predicted molar refractivity (Wildman–Crippen MR) is 54.5 cm³/mol. The van der Waals surface area contributed by atoms with Crippen molar-refractivity contribution in [3.63, 3.8) is 0 Å². The van der Waals surface area contributed by atoms with Crippen LogP contribution in [0.2, 0.25) is 0 Å². The molecule has 0 aromatic carbocycles. The van der Waals surface area contributed by atoms with Gasteiger partial charge in [-0.3, -0.25) is 9.25 Å². The van der Waals surface area contributed by atoms with E-state index in [0.29, 0.717) is 5.69 Å². The molecule has 0 spiro atoms. The molecule has 6 heteroatoms. The summed E-state index contributed by atoms with van der Waals surface area (Å²) >= 11 is 0. The van der Waals surface area contributed by atoms with Crippen molar-refractivity contribution in [1.29, 1.82) is 0 Å². The van der Waals surface area contributed by atoms with Gasteiger partial charge in [0.05, 0.1) is 11.9 Å². The summed E-state index contributed by atoms with van der Waals surface area (Å²) in [6, 6.07) is -0.247. The van der Waals surface area contributed by atoms with Crippen LogP contribution in [0.25, 0.3) is 0 Å². The van der Waals surface area contributed by atoms with Gasteiger partial charge in [0.25, 0.3) is 0 Å². The van der Waals surface area contributed by atoms with Crippen molar-refractivity contribution in [1.82, 2.24) is 19.3 Å². The number of hydrogen-bond donors (Lipinski definition) is 1. The second kappa shape index (κ2) is 3.95. The molecule has 6 nitrogen and oxygen atoms in total. The molecule has 1 N–H and O–H groups in total. The molecule has 1 amide bonds. The maximum atomic E-state index is 11.5. The SMILES string of the molecule is CCn1cc(NC(=O)n2ccnc2)cn1. The van der Waals surface area contributed by atoms with Crippen molar-refractivity contribution in [2.75, 3.05) is 5.32 Å². The summed E-state index contributed by atoms with van der Waals surface area (Å²) in [6.07, 6.45) is 7.96. The number of nitrogens with one attached hydrogen (secondary N) is 1. The van der Waals surface area contributed by atoms with E-state index in [1.807, 2.05) is 6.92 Å². The smallest absolute Gasteiger partial charge is 0.304 e. The first-order valence-electron chi connectivity index (χ1n) is 4.61. The second-order valence-corrected chi connectivity index (χ2v) is 2.98. The first kappa shape index (κ1) is 9.45. The molecule has 0 radical (unpaired) electrons. The van der Waals surface area contributed by atoms with Gasteiger partial charge in [-0.05, 0) is 6.92 Å². The molecular weight excluding hydrogens is 194 g/mol. The highest BCUT2D eigenvalue weighted by Crippen LogP contribution is 2.05. The van der Waals surface area contributed by atoms with Crippen LogP contribution in [0.4, 0.5) is 10.5 Å². The molecular formula is C9H11N5O. The number of imidazole rings is 1. The normalized spacial score (nSPS) is 10.2. The lowest BCUT2D eigenvalue weighted by atomic mass is 10.5. The van der Waals surface area contributed by atoms with Crippen molar-refractivity contribution in [2.45, 2.75) is 13.5 Å². The maximum absolute atomic E-state index is 11.5. The Balaban J connectivity index is 2.06. The molecule has 0 aliphatic heterocycles. The number of amides is 1. The minimum Gasteiger partial charge on any atom is -0.304 e. The first-order chi connectivity index (χ1) is 7.29. The first-order valence-corrected chi connectivity index (χ1v) is 4.61. The molecule has 0 saturated carbocycles. The molecule has 2 aromatic heterocycles. The van der Waals surface area contributed by atoms with E-state index in [-0.39, 0.29) is 6.03 Å². The number of aromatic nitrogens is 4. The molecule has 15 heavy (non-hydrogen) atoms. The number of aryl methyl sites for hydroxylation is 1. The molecule has 78 valence electrons. The zero-order valence-electron chi connectivity index (χ0n) is 8.29. The summed E-state index contributed by atoms with van der Waals surface area (Å²) in [6.45, 7) is 2.76. The maximum Gasteiger partial charge on any atom is 0.331 e. The summed E-state index contributed by atoms with van der Waals surface area (Å²) in [5.41, 5.74) is 0.676. The van der Waals surface area contributed by atoms with Gasteiger partial charge in [0.2, 0.25) is 0 Å². The van der Waals surface area contributed by atoms with E-state index in [1.165, 1.54) is 10.9 Å². The van der Waals surface area contributed by atoms with Gasteiger partial charge in [-0.15, -0.1) is 0 Å². The topological polar surface area (TPSA) is 64.7 Å². The minimum atomic E-state index is -0.247. The van der Waals surface area contributed by atoms with Crippen LogP contribution in [-0.4, -0.2) is 25.4 Å². The number of anilines is 1. The third-order valence-electron chi connectivity index (χ3n) is 1.95. The second-order valence-electron chi connectivity index (χ2n) is 2.98. The number of nitrogens with zero attached hydrogens (tertiary/aromatic N) is 4. The van der Waals surface area contributed by atoms with E-state index in [1.54, 1.807) is 29.5 Å². The van der Waals surface area contributed by atoms with E-state index in [0.717, 1.165) is 6.54 Å². The van der Waals surface area contributed by atoms with E-state index in [2.05, 4.69) is 15.4 Å². The monoisotopic (exact) mass is 205 g/mol. The molecule has 0 bridgehead atoms. The lowest BCUT2D eigenvalue weighted by molar-refractivity contribution is 0.253. The molecule has 2 aromatic rings. The van der Waals surface area contributed by atoms with E-state index < -0.39 is 0 Å². The number of hydrogen-bond acceptors (Lipinski definition) is 3. The highest BCUT2D eigenvalue weighted by Gasteiger charge is 2.04. The number of carbonyl (C=O) groups is 1. The average molecular weight is 205 g/mol. The molecule has 0 saturated heterocycles. The van der Waals surface area contributed by atoms with Crippen LogP contribution in [0.3, 0.4) is 0 Å². The fraction of sp³-hybridized carbons (Fsp3) is 0.222. The standard InChI is InChI=1S/C9H11N5O/c1-2-14-6-8(5-11-14)12-9(15)13-4-3-10-7-13/h3-7H,2H2,1H3,(H,12,15). The van der Waals surface area contributed by atoms with Gasteiger partial charge in [-0.1, -0.05) is 0 Å². The Hall–Kier alpha value is -2.11. The highest BCUT2D eigenvalue weighted by molar-refractivity contribution is 5.90. The van der Waals surface area contributed by atoms with Gasteiger partial charge < -0.3 is 5.32 Å². The molecule has 2 heterocycles. The van der Waals surface area contributed by atoms with Gasteiger partial charge >= 0.3 is 6.03 Å². The van der Waals surface area contributed by atoms with Gasteiger partial charge in [-0.25, -0.2) is 9.78 Å². The van der Waals surface area contributed by atoms with Crippen LogP contribution in [0, 0.1) is 0 Å². The lowest BCUT2D eigenvalue weighted by Crippen LogP contribution is -2.17. The van der Waals surface area contributed by atoms with Crippen molar-refractivity contribution in [3.8, 4) is 0 Å². The lowest BCUT2D eigenvalue weighted by Gasteiger charge is -2.00. The summed E-state index contributed by atoms with van der Waals surface area (Å²) in [4.78, 5) is 15.3. The predicted octanol–water partition coefficient (Wildman–Crippen LogP) is 1.18. The van der Waals surface area contributed by atoms with Crippen LogP contribution >= 0.6 is 0 Å². The Bertz CT molecular complexity index is 445. The average Bonchev–Trinajstić information content (AvgIpc) is 2.87. The van der Waals surface area contributed by atoms with Crippen molar-refractivity contribution in [2.24, 2.45) is 0 Å². The molecule has 0 fully saturated rings. The van der Waals surface area contributed by atoms with Gasteiger partial charge in [-0.2, -0.15) is 5.10 Å². The molecule has 2 rings (SSSR count). The quantitative estimate of drug-likeness (QED) is 0.800. The summed E-state index contributed by atoms with van der Waals surface area (Å²) in [7, 11) is 0. The van der Waals surface area contributed by atoms with Crippen LogP contribution in [0.15, 0.2) is 31.1 Å². The number of carbonyl (C=O) groups excluding carboxylic acids is 1. The fourth-order valence-electron chi connectivity index (χ4n) is 1.17. The molecule has 0 aliphatic rings. The van der Waals surface area contributed by atoms with E-state index in [4.69, 9.17) is 0 Å². The van der Waals surface area contributed by atoms with Crippen LogP contribution in [-0.2, 0) is 6.54 Å². The summed E-state index contributed by atoms with van der Waals surface area (Å²) in [5, 5.41) is 6.75. The Morgan fingerprint density at radius 1 is 1.60 bits per heavy atom. The molecule has 0 unspecified atom stereocenters. The Kier molecular flexibility index (Phi) is 2.49. The minimum absolute atomic E-state index is 0.247. The number of rotatable bonds is 2. The van der Waals surface area contributed by atoms with Gasteiger partial charge in [0, 0.05) is 25.1 Å². The Morgan fingerprint density at radius 2 is 2.47 bits per heavy atom. The van der Waals surface area contributed by atoms with Crippen LogP contribution < -0.4 is 5.32 Å². The van der Waals surface area contributed by atoms with Crippen molar-refractivity contribution < 1.29 is 4.79 Å². The fourth-order valence-corrected chi connectivity index (χ4v) is 1.17. The highest BCUT2D eigenvalue weighted by atomic mass is 16.2. The van der Waals surface area contributed by atoms with Gasteiger partial charge in [0.15, 0.2) is 0 Å². The Labute approximate surface area is 86.5 Å². The zero-order chi connectivity index (χ0) is 10.7. The van der Waals surface area contributed by atoms with Crippen LogP contribution in [0.1, 0.15) is 6.92 Å². The largest absolute Gasteiger partial charge is 0.331 e. The summed E-state index contributed by atoms with van der Waals surface area (Å²) in [5.74, 6) is 0. The van der Waals surface area contributed by atoms with Gasteiger partial charge in [0.1, 0.15) is 6.33 Å².